The Kier molecular flexibility index (Phi) is 5.82. The molecule has 1 aromatic carbocycles. The molecule has 0 radical (unpaired) electrons. The molecule has 1 nitrogen and oxygen atoms in total. The van der Waals surface area contributed by atoms with Gasteiger partial charge in [0, 0.05) is 0 Å². The fraction of sp³-hybridized carbons (Fsp3) is 0.286. The van der Waals surface area contributed by atoms with E-state index in [1.54, 1.807) is 0 Å². The number of benzene rings is 1. The topological polar surface area (TPSA) is 9.23 Å². The minimum atomic E-state index is -1.42. The summed E-state index contributed by atoms with van der Waals surface area (Å²) in [6.07, 6.45) is 2.36. The largest absolute Gasteiger partial charge is 0.405 e. The molecule has 0 spiro atoms. The van der Waals surface area contributed by atoms with E-state index in [9.17, 15) is 0 Å². The summed E-state index contributed by atoms with van der Waals surface area (Å²) in [5, 5.41) is 0. The second-order valence-corrected chi connectivity index (χ2v) is 5.90. The highest BCUT2D eigenvalue weighted by molar-refractivity contribution is 6.62. The van der Waals surface area contributed by atoms with E-state index in [1.165, 1.54) is 5.56 Å². The van der Waals surface area contributed by atoms with Gasteiger partial charge in [-0.15, -0.1) is 13.2 Å². The summed E-state index contributed by atoms with van der Waals surface area (Å²) in [7, 11) is -1.42. The monoisotopic (exact) mass is 232 g/mol. The maximum atomic E-state index is 6.08. The van der Waals surface area contributed by atoms with E-state index in [4.69, 9.17) is 4.43 Å². The van der Waals surface area contributed by atoms with Crippen LogP contribution in [0.3, 0.4) is 0 Å². The van der Waals surface area contributed by atoms with Gasteiger partial charge in [0.1, 0.15) is 0 Å². The van der Waals surface area contributed by atoms with Gasteiger partial charge < -0.3 is 4.43 Å². The summed E-state index contributed by atoms with van der Waals surface area (Å²) >= 11 is 0. The maximum Gasteiger partial charge on any atom is 0.225 e. The third-order valence-electron chi connectivity index (χ3n) is 2.51. The van der Waals surface area contributed by atoms with Crippen molar-refractivity contribution in [2.24, 2.45) is 0 Å². The molecule has 0 saturated heterocycles. The van der Waals surface area contributed by atoms with E-state index < -0.39 is 9.04 Å². The van der Waals surface area contributed by atoms with Crippen molar-refractivity contribution < 1.29 is 4.43 Å². The van der Waals surface area contributed by atoms with Crippen LogP contribution < -0.4 is 0 Å². The van der Waals surface area contributed by atoms with Gasteiger partial charge in [-0.05, 0) is 12.0 Å². The smallest absolute Gasteiger partial charge is 0.225 e. The van der Waals surface area contributed by atoms with Crippen LogP contribution in [0.5, 0.6) is 0 Å². The summed E-state index contributed by atoms with van der Waals surface area (Å²) in [4.78, 5) is 0. The first-order valence-electron chi connectivity index (χ1n) is 5.77. The molecule has 2 heteroatoms. The lowest BCUT2D eigenvalue weighted by molar-refractivity contribution is 0.201. The van der Waals surface area contributed by atoms with Gasteiger partial charge in [0.25, 0.3) is 0 Å². The third-order valence-corrected chi connectivity index (χ3v) is 4.08. The van der Waals surface area contributed by atoms with Crippen LogP contribution in [0.2, 0.25) is 0 Å². The van der Waals surface area contributed by atoms with Crippen molar-refractivity contribution in [2.45, 2.75) is 25.9 Å². The molecule has 1 atom stereocenters. The molecule has 0 saturated carbocycles. The molecule has 0 bridgehead atoms. The molecule has 0 fully saturated rings. The molecule has 0 aliphatic rings. The van der Waals surface area contributed by atoms with Crippen LogP contribution in [0.25, 0.3) is 0 Å². The molecule has 1 aromatic rings. The Morgan fingerprint density at radius 1 is 1.25 bits per heavy atom. The van der Waals surface area contributed by atoms with E-state index >= 15 is 0 Å². The number of rotatable bonds is 7. The highest BCUT2D eigenvalue weighted by Gasteiger charge is 2.14. The van der Waals surface area contributed by atoms with Crippen LogP contribution in [0, 0.1) is 0 Å². The van der Waals surface area contributed by atoms with E-state index in [1.807, 2.05) is 17.5 Å². The number of hydrogen-bond donors (Lipinski definition) is 0. The standard InChI is InChI=1S/C14H20OSi/c1-4-10-14(15-16(5-2)6-3)13-11-8-7-9-12-13/h5-9,11-12,14,16H,2-4,10H2,1H3. The Labute approximate surface area is 100 Å². The average molecular weight is 232 g/mol. The molecular formula is C14H20OSi. The van der Waals surface area contributed by atoms with E-state index in [0.29, 0.717) is 0 Å². The molecule has 0 heterocycles. The summed E-state index contributed by atoms with van der Waals surface area (Å²) in [6.45, 7) is 9.79. The fourth-order valence-corrected chi connectivity index (χ4v) is 2.73. The Morgan fingerprint density at radius 2 is 1.88 bits per heavy atom. The summed E-state index contributed by atoms with van der Waals surface area (Å²) in [5.74, 6) is 0. The second kappa shape index (κ2) is 7.20. The van der Waals surface area contributed by atoms with Crippen molar-refractivity contribution in [3.8, 4) is 0 Å². The molecule has 0 aliphatic heterocycles. The molecule has 0 aromatic heterocycles. The first kappa shape index (κ1) is 12.9. The van der Waals surface area contributed by atoms with Crippen molar-refractivity contribution >= 4 is 9.04 Å². The predicted octanol–water partition coefficient (Wildman–Crippen LogP) is 3.72. The van der Waals surface area contributed by atoms with Crippen molar-refractivity contribution in [1.82, 2.24) is 0 Å². The van der Waals surface area contributed by atoms with Gasteiger partial charge in [0.05, 0.1) is 6.10 Å². The van der Waals surface area contributed by atoms with Gasteiger partial charge in [-0.2, -0.15) is 0 Å². The quantitative estimate of drug-likeness (QED) is 0.651. The van der Waals surface area contributed by atoms with Gasteiger partial charge in [-0.3, -0.25) is 0 Å². The van der Waals surface area contributed by atoms with E-state index in [2.05, 4.69) is 44.3 Å². The van der Waals surface area contributed by atoms with Gasteiger partial charge in [0.15, 0.2) is 0 Å². The Hall–Kier alpha value is -1.12. The minimum absolute atomic E-state index is 0.193. The molecule has 1 unspecified atom stereocenters. The summed E-state index contributed by atoms with van der Waals surface area (Å²) in [6, 6.07) is 10.4. The summed E-state index contributed by atoms with van der Waals surface area (Å²) in [5.41, 5.74) is 5.09. The molecule has 16 heavy (non-hydrogen) atoms. The van der Waals surface area contributed by atoms with Crippen LogP contribution in [0.1, 0.15) is 31.4 Å². The Balaban J connectivity index is 2.74. The van der Waals surface area contributed by atoms with Crippen molar-refractivity contribution in [1.29, 1.82) is 0 Å². The zero-order valence-corrected chi connectivity index (χ0v) is 11.1. The van der Waals surface area contributed by atoms with Crippen molar-refractivity contribution in [2.75, 3.05) is 0 Å². The van der Waals surface area contributed by atoms with E-state index in [-0.39, 0.29) is 6.10 Å². The number of hydrogen-bond acceptors (Lipinski definition) is 1. The molecule has 1 rings (SSSR count). The third kappa shape index (κ3) is 3.80. The van der Waals surface area contributed by atoms with Crippen molar-refractivity contribution in [3.63, 3.8) is 0 Å². The van der Waals surface area contributed by atoms with Gasteiger partial charge in [0.2, 0.25) is 9.04 Å². The first-order valence-corrected chi connectivity index (χ1v) is 7.57. The molecule has 86 valence electrons. The van der Waals surface area contributed by atoms with Gasteiger partial charge >= 0.3 is 0 Å². The normalized spacial score (nSPS) is 12.4. The SMILES string of the molecule is C=C[SiH](C=C)OC(CCC)c1ccccc1. The molecule has 0 amide bonds. The van der Waals surface area contributed by atoms with E-state index in [0.717, 1.165) is 12.8 Å². The van der Waals surface area contributed by atoms with Gasteiger partial charge in [-0.25, -0.2) is 0 Å². The highest BCUT2D eigenvalue weighted by Crippen LogP contribution is 2.23. The van der Waals surface area contributed by atoms with Crippen molar-refractivity contribution in [3.05, 3.63) is 60.5 Å². The molecule has 0 aliphatic carbocycles. The minimum Gasteiger partial charge on any atom is -0.405 e. The van der Waals surface area contributed by atoms with Gasteiger partial charge in [-0.1, -0.05) is 55.1 Å². The second-order valence-electron chi connectivity index (χ2n) is 3.76. The Bertz CT molecular complexity index is 313. The fourth-order valence-electron chi connectivity index (χ4n) is 1.64. The highest BCUT2D eigenvalue weighted by atomic mass is 28.3. The lowest BCUT2D eigenvalue weighted by atomic mass is 10.1. The zero-order valence-electron chi connectivity index (χ0n) is 9.93. The lowest BCUT2D eigenvalue weighted by Crippen LogP contribution is -2.17. The van der Waals surface area contributed by atoms with Crippen LogP contribution in [0.15, 0.2) is 54.9 Å². The lowest BCUT2D eigenvalue weighted by Gasteiger charge is -2.20. The zero-order chi connectivity index (χ0) is 11.8. The molecule has 0 N–H and O–H groups in total. The maximum absolute atomic E-state index is 6.08. The molecular weight excluding hydrogens is 212 g/mol. The summed E-state index contributed by atoms with van der Waals surface area (Å²) < 4.78 is 6.08. The Morgan fingerprint density at radius 3 is 2.38 bits per heavy atom. The van der Waals surface area contributed by atoms with Crippen LogP contribution in [0.4, 0.5) is 0 Å². The predicted molar refractivity (Wildman–Crippen MR) is 72.7 cm³/mol. The van der Waals surface area contributed by atoms with Crippen LogP contribution in [-0.4, -0.2) is 9.04 Å². The van der Waals surface area contributed by atoms with Crippen LogP contribution >= 0.6 is 0 Å². The average Bonchev–Trinajstić information content (AvgIpc) is 2.35. The first-order chi connectivity index (χ1) is 7.81. The van der Waals surface area contributed by atoms with Crippen LogP contribution in [-0.2, 0) is 4.43 Å².